The molecule has 2 aliphatic rings. The number of thioether (sulfide) groups is 1. The summed E-state index contributed by atoms with van der Waals surface area (Å²) in [7, 11) is 0. The van der Waals surface area contributed by atoms with Crippen molar-refractivity contribution in [3.63, 3.8) is 0 Å². The fourth-order valence-corrected chi connectivity index (χ4v) is 6.57. The molecule has 4 rings (SSSR count). The second-order valence-electron chi connectivity index (χ2n) is 9.94. The lowest BCUT2D eigenvalue weighted by molar-refractivity contribution is -0.119. The molecule has 0 saturated heterocycles. The predicted molar refractivity (Wildman–Crippen MR) is 122 cm³/mol. The first kappa shape index (κ1) is 21.4. The summed E-state index contributed by atoms with van der Waals surface area (Å²) in [4.78, 5) is 16.5. The summed E-state index contributed by atoms with van der Waals surface area (Å²) in [6.07, 6.45) is 7.48. The molecule has 1 amide bonds. The summed E-state index contributed by atoms with van der Waals surface area (Å²) in [5, 5.41) is 10.5. The van der Waals surface area contributed by atoms with E-state index in [-0.39, 0.29) is 16.7 Å². The SMILES string of the molecule is CC(C)c1ccc2c(c1)CCC1C(C)(CNC(=O)CSc3ncn[nH]3)CCCC21C. The lowest BCUT2D eigenvalue weighted by atomic mass is 9.49. The molecule has 2 aromatic rings. The number of benzene rings is 1. The third kappa shape index (κ3) is 4.03. The van der Waals surface area contributed by atoms with Crippen LogP contribution in [0.15, 0.2) is 29.7 Å². The molecule has 30 heavy (non-hydrogen) atoms. The van der Waals surface area contributed by atoms with E-state index in [0.29, 0.717) is 22.7 Å². The van der Waals surface area contributed by atoms with E-state index in [1.54, 1.807) is 11.1 Å². The van der Waals surface area contributed by atoms with Gasteiger partial charge in [-0.05, 0) is 65.0 Å². The fourth-order valence-electron chi connectivity index (χ4n) is 5.96. The van der Waals surface area contributed by atoms with Crippen LogP contribution in [-0.2, 0) is 16.6 Å². The Bertz CT molecular complexity index is 897. The lowest BCUT2D eigenvalue weighted by Gasteiger charge is -2.55. The number of carbonyl (C=O) groups excluding carboxylic acids is 1. The smallest absolute Gasteiger partial charge is 0.230 e. The monoisotopic (exact) mass is 426 g/mol. The van der Waals surface area contributed by atoms with Crippen molar-refractivity contribution in [1.29, 1.82) is 0 Å². The van der Waals surface area contributed by atoms with E-state index in [1.165, 1.54) is 49.3 Å². The zero-order chi connectivity index (χ0) is 21.4. The summed E-state index contributed by atoms with van der Waals surface area (Å²) in [5.41, 5.74) is 4.90. The van der Waals surface area contributed by atoms with Gasteiger partial charge in [-0.3, -0.25) is 9.89 Å². The van der Waals surface area contributed by atoms with Crippen LogP contribution in [0.4, 0.5) is 0 Å². The molecule has 2 N–H and O–H groups in total. The molecule has 162 valence electrons. The van der Waals surface area contributed by atoms with E-state index in [0.717, 1.165) is 13.0 Å². The summed E-state index contributed by atoms with van der Waals surface area (Å²) < 4.78 is 0. The summed E-state index contributed by atoms with van der Waals surface area (Å²) in [6, 6.07) is 7.21. The van der Waals surface area contributed by atoms with Gasteiger partial charge < -0.3 is 5.32 Å². The van der Waals surface area contributed by atoms with Gasteiger partial charge in [0.15, 0.2) is 5.16 Å². The average molecular weight is 427 g/mol. The number of carbonyl (C=O) groups is 1. The van der Waals surface area contributed by atoms with Gasteiger partial charge in [-0.15, -0.1) is 0 Å². The van der Waals surface area contributed by atoms with Crippen molar-refractivity contribution in [3.05, 3.63) is 41.2 Å². The molecule has 1 saturated carbocycles. The molecule has 5 nitrogen and oxygen atoms in total. The number of amides is 1. The average Bonchev–Trinajstić information content (AvgIpc) is 3.24. The van der Waals surface area contributed by atoms with Crippen LogP contribution in [0, 0.1) is 11.3 Å². The zero-order valence-electron chi connectivity index (χ0n) is 18.6. The van der Waals surface area contributed by atoms with E-state index < -0.39 is 0 Å². The third-order valence-electron chi connectivity index (χ3n) is 7.59. The molecular formula is C24H34N4OS. The van der Waals surface area contributed by atoms with Crippen LogP contribution < -0.4 is 5.32 Å². The molecule has 3 unspecified atom stereocenters. The lowest BCUT2D eigenvalue weighted by Crippen LogP contribution is -2.53. The van der Waals surface area contributed by atoms with Gasteiger partial charge in [0.1, 0.15) is 6.33 Å². The second kappa shape index (κ2) is 8.37. The van der Waals surface area contributed by atoms with Crippen LogP contribution in [0.25, 0.3) is 0 Å². The molecule has 1 heterocycles. The maximum atomic E-state index is 12.5. The van der Waals surface area contributed by atoms with Crippen LogP contribution >= 0.6 is 11.8 Å². The van der Waals surface area contributed by atoms with E-state index in [1.807, 2.05) is 0 Å². The molecule has 1 aromatic heterocycles. The molecule has 0 aliphatic heterocycles. The van der Waals surface area contributed by atoms with Gasteiger partial charge in [-0.1, -0.05) is 64.1 Å². The Morgan fingerprint density at radius 1 is 1.33 bits per heavy atom. The van der Waals surface area contributed by atoms with Gasteiger partial charge in [0.25, 0.3) is 0 Å². The first-order valence-corrected chi connectivity index (χ1v) is 12.2. The second-order valence-corrected chi connectivity index (χ2v) is 10.9. The number of nitrogens with zero attached hydrogens (tertiary/aromatic N) is 2. The van der Waals surface area contributed by atoms with Crippen molar-refractivity contribution in [2.24, 2.45) is 11.3 Å². The van der Waals surface area contributed by atoms with Crippen LogP contribution in [0.5, 0.6) is 0 Å². The summed E-state index contributed by atoms with van der Waals surface area (Å²) >= 11 is 1.40. The minimum Gasteiger partial charge on any atom is -0.355 e. The molecule has 2 aliphatic carbocycles. The van der Waals surface area contributed by atoms with Crippen molar-refractivity contribution in [2.45, 2.75) is 76.3 Å². The molecule has 1 aromatic carbocycles. The van der Waals surface area contributed by atoms with E-state index >= 15 is 0 Å². The first-order chi connectivity index (χ1) is 14.3. The van der Waals surface area contributed by atoms with Gasteiger partial charge in [0.05, 0.1) is 5.75 Å². The highest BCUT2D eigenvalue weighted by molar-refractivity contribution is 7.99. The number of hydrogen-bond donors (Lipinski definition) is 2. The quantitative estimate of drug-likeness (QED) is 0.648. The fraction of sp³-hybridized carbons (Fsp3) is 0.625. The topological polar surface area (TPSA) is 70.7 Å². The standard InChI is InChI=1S/C24H34N4OS/c1-16(2)17-6-8-19-18(12-17)7-9-20-23(3,10-5-11-24(19,20)4)14-25-21(29)13-30-22-26-15-27-28-22/h6,8,12,15-16,20H,5,7,9-11,13-14H2,1-4H3,(H,25,29)(H,26,27,28). The Hall–Kier alpha value is -1.82. The van der Waals surface area contributed by atoms with E-state index in [4.69, 9.17) is 0 Å². The van der Waals surface area contributed by atoms with Gasteiger partial charge in [0, 0.05) is 6.54 Å². The van der Waals surface area contributed by atoms with Crippen LogP contribution in [0.1, 0.15) is 76.0 Å². The summed E-state index contributed by atoms with van der Waals surface area (Å²) in [5.74, 6) is 1.61. The maximum absolute atomic E-state index is 12.5. The highest BCUT2D eigenvalue weighted by atomic mass is 32.2. The number of nitrogens with one attached hydrogen (secondary N) is 2. The van der Waals surface area contributed by atoms with Crippen molar-refractivity contribution in [3.8, 4) is 0 Å². The number of aromatic amines is 1. The summed E-state index contributed by atoms with van der Waals surface area (Å²) in [6.45, 7) is 10.2. The highest BCUT2D eigenvalue weighted by Gasteiger charge is 2.51. The number of hydrogen-bond acceptors (Lipinski definition) is 4. The molecule has 0 spiro atoms. The minimum atomic E-state index is 0.0719. The largest absolute Gasteiger partial charge is 0.355 e. The van der Waals surface area contributed by atoms with Gasteiger partial charge in [-0.2, -0.15) is 5.10 Å². The van der Waals surface area contributed by atoms with Gasteiger partial charge in [0.2, 0.25) is 5.91 Å². The predicted octanol–water partition coefficient (Wildman–Crippen LogP) is 4.85. The molecular weight excluding hydrogens is 392 g/mol. The third-order valence-corrected chi connectivity index (χ3v) is 8.47. The van der Waals surface area contributed by atoms with Gasteiger partial charge in [-0.25, -0.2) is 4.98 Å². The number of H-pyrrole nitrogens is 1. The van der Waals surface area contributed by atoms with Crippen LogP contribution in [0.2, 0.25) is 0 Å². The Morgan fingerprint density at radius 3 is 2.90 bits per heavy atom. The Kier molecular flexibility index (Phi) is 5.97. The van der Waals surface area contributed by atoms with Crippen molar-refractivity contribution in [2.75, 3.05) is 12.3 Å². The zero-order valence-corrected chi connectivity index (χ0v) is 19.4. The van der Waals surface area contributed by atoms with E-state index in [9.17, 15) is 4.79 Å². The number of rotatable bonds is 6. The van der Waals surface area contributed by atoms with Crippen molar-refractivity contribution in [1.82, 2.24) is 20.5 Å². The Morgan fingerprint density at radius 2 is 2.17 bits per heavy atom. The van der Waals surface area contributed by atoms with Crippen LogP contribution in [0.3, 0.4) is 0 Å². The van der Waals surface area contributed by atoms with Crippen molar-refractivity contribution >= 4 is 17.7 Å². The van der Waals surface area contributed by atoms with Gasteiger partial charge >= 0.3 is 0 Å². The Balaban J connectivity index is 1.47. The van der Waals surface area contributed by atoms with Crippen molar-refractivity contribution < 1.29 is 4.79 Å². The molecule has 0 bridgehead atoms. The number of fused-ring (bicyclic) bond motifs is 3. The Labute approximate surface area is 184 Å². The number of aryl methyl sites for hydroxylation is 1. The van der Waals surface area contributed by atoms with Crippen LogP contribution in [-0.4, -0.2) is 33.4 Å². The maximum Gasteiger partial charge on any atom is 0.230 e. The number of aromatic nitrogens is 3. The normalized spacial score (nSPS) is 28.1. The first-order valence-electron chi connectivity index (χ1n) is 11.2. The minimum absolute atomic E-state index is 0.0719. The molecule has 6 heteroatoms. The molecule has 1 fully saturated rings. The molecule has 0 radical (unpaired) electrons. The van der Waals surface area contributed by atoms with E-state index in [2.05, 4.69) is 66.4 Å². The highest BCUT2D eigenvalue weighted by Crippen LogP contribution is 2.57. The molecule has 3 atom stereocenters.